The van der Waals surface area contributed by atoms with Gasteiger partial charge in [0.25, 0.3) is 5.91 Å². The molecule has 2 saturated heterocycles. The number of rotatable bonds is 4. The molecule has 0 unspecified atom stereocenters. The van der Waals surface area contributed by atoms with Crippen molar-refractivity contribution in [3.8, 4) is 10.6 Å². The molecule has 4 rings (SSSR count). The fourth-order valence-corrected chi connectivity index (χ4v) is 4.52. The highest BCUT2D eigenvalue weighted by Gasteiger charge is 2.46. The highest BCUT2D eigenvalue weighted by molar-refractivity contribution is 7.16. The maximum absolute atomic E-state index is 12.7. The zero-order valence-electron chi connectivity index (χ0n) is 14.4. The molecule has 0 aliphatic carbocycles. The molecular weight excluding hydrogens is 368 g/mol. The number of aliphatic carboxylic acids is 1. The first-order chi connectivity index (χ1) is 13.0. The van der Waals surface area contributed by atoms with Gasteiger partial charge in [-0.05, 0) is 25.7 Å². The Morgan fingerprint density at radius 3 is 2.59 bits per heavy atom. The van der Waals surface area contributed by atoms with Gasteiger partial charge in [0.1, 0.15) is 17.1 Å². The van der Waals surface area contributed by atoms with Gasteiger partial charge >= 0.3 is 5.97 Å². The van der Waals surface area contributed by atoms with Crippen molar-refractivity contribution >= 4 is 29.1 Å². The van der Waals surface area contributed by atoms with Crippen LogP contribution in [0.4, 0.5) is 0 Å². The van der Waals surface area contributed by atoms with Crippen LogP contribution in [0.25, 0.3) is 10.6 Å². The summed E-state index contributed by atoms with van der Waals surface area (Å²) in [4.78, 5) is 38.1. The highest BCUT2D eigenvalue weighted by Crippen LogP contribution is 2.33. The molecule has 2 amide bonds. The Bertz CT molecular complexity index is 884. The zero-order chi connectivity index (χ0) is 19.0. The molecule has 0 saturated carbocycles. The molecule has 9 heteroatoms. The fourth-order valence-electron chi connectivity index (χ4n) is 3.77. The number of carbonyl (C=O) groups excluding carboxylic acids is 2. The molecule has 8 nitrogen and oxygen atoms in total. The summed E-state index contributed by atoms with van der Waals surface area (Å²) in [6.07, 6.45) is 2.34. The summed E-state index contributed by atoms with van der Waals surface area (Å²) in [5, 5.41) is 20.8. The number of aromatic nitrogens is 2. The third-order valence-corrected chi connectivity index (χ3v) is 6.05. The summed E-state index contributed by atoms with van der Waals surface area (Å²) >= 11 is 1.16. The molecule has 3 atom stereocenters. The van der Waals surface area contributed by atoms with Crippen LogP contribution in [0, 0.1) is 0 Å². The highest BCUT2D eigenvalue weighted by atomic mass is 32.1. The molecular formula is C18H18N4O4S. The smallest absolute Gasteiger partial charge is 0.326 e. The van der Waals surface area contributed by atoms with Crippen LogP contribution in [0.3, 0.4) is 0 Å². The van der Waals surface area contributed by atoms with Crippen LogP contribution in [0.15, 0.2) is 30.3 Å². The van der Waals surface area contributed by atoms with E-state index in [1.54, 1.807) is 0 Å². The number of carbonyl (C=O) groups is 3. The molecule has 27 heavy (non-hydrogen) atoms. The van der Waals surface area contributed by atoms with Crippen LogP contribution in [0.1, 0.15) is 35.5 Å². The summed E-state index contributed by atoms with van der Waals surface area (Å²) in [6.45, 7) is 0. The Hall–Kier alpha value is -2.81. The maximum Gasteiger partial charge on any atom is 0.326 e. The summed E-state index contributed by atoms with van der Waals surface area (Å²) in [5.41, 5.74) is 0.868. The number of nitrogens with zero attached hydrogens (tertiary/aromatic N) is 3. The molecule has 140 valence electrons. The van der Waals surface area contributed by atoms with Crippen LogP contribution in [0.2, 0.25) is 0 Å². The third kappa shape index (κ3) is 3.30. The van der Waals surface area contributed by atoms with Crippen molar-refractivity contribution in [1.29, 1.82) is 0 Å². The number of carboxylic acids is 1. The van der Waals surface area contributed by atoms with Crippen molar-refractivity contribution < 1.29 is 19.5 Å². The lowest BCUT2D eigenvalue weighted by Crippen LogP contribution is -2.57. The van der Waals surface area contributed by atoms with Crippen molar-refractivity contribution in [3.63, 3.8) is 0 Å². The molecule has 1 aromatic heterocycles. The van der Waals surface area contributed by atoms with E-state index in [1.165, 1.54) is 4.90 Å². The van der Waals surface area contributed by atoms with Crippen LogP contribution < -0.4 is 5.32 Å². The third-order valence-electron chi connectivity index (χ3n) is 5.07. The minimum atomic E-state index is -0.991. The minimum absolute atomic E-state index is 0.0436. The molecule has 0 radical (unpaired) electrons. The molecule has 1 aromatic carbocycles. The summed E-state index contributed by atoms with van der Waals surface area (Å²) < 4.78 is 0. The normalized spacial score (nSPS) is 24.5. The second-order valence-electron chi connectivity index (χ2n) is 6.71. The number of benzene rings is 1. The predicted molar refractivity (Wildman–Crippen MR) is 97.1 cm³/mol. The monoisotopic (exact) mass is 386 g/mol. The molecule has 0 spiro atoms. The fraction of sp³-hybridized carbons (Fsp3) is 0.389. The van der Waals surface area contributed by atoms with E-state index in [4.69, 9.17) is 0 Å². The second-order valence-corrected chi connectivity index (χ2v) is 7.69. The molecule has 2 aromatic rings. The summed E-state index contributed by atoms with van der Waals surface area (Å²) in [5.74, 6) is -1.77. The van der Waals surface area contributed by atoms with E-state index >= 15 is 0 Å². The predicted octanol–water partition coefficient (Wildman–Crippen LogP) is 1.54. The van der Waals surface area contributed by atoms with Gasteiger partial charge in [0.15, 0.2) is 0 Å². The Kier molecular flexibility index (Phi) is 4.61. The van der Waals surface area contributed by atoms with Crippen molar-refractivity contribution in [2.75, 3.05) is 0 Å². The van der Waals surface area contributed by atoms with Crippen molar-refractivity contribution in [1.82, 2.24) is 20.4 Å². The van der Waals surface area contributed by atoms with E-state index in [0.717, 1.165) is 16.9 Å². The van der Waals surface area contributed by atoms with Crippen LogP contribution in [0.5, 0.6) is 0 Å². The Balaban J connectivity index is 1.46. The van der Waals surface area contributed by atoms with Gasteiger partial charge in [-0.25, -0.2) is 4.79 Å². The average molecular weight is 386 g/mol. The standard InChI is InChI=1S/C18H18N4O4S/c23-14(16-21-20-15(27-16)10-4-2-1-3-5-10)19-12-8-6-11-7-9-13(18(25)26)22(11)17(12)24/h1-5,11-13H,6-9H2,(H,19,23)(H,25,26)/t11-,12+,13+/m1/s1. The molecule has 0 bridgehead atoms. The van der Waals surface area contributed by atoms with Gasteiger partial charge in [-0.3, -0.25) is 9.59 Å². The van der Waals surface area contributed by atoms with Crippen molar-refractivity contribution in [3.05, 3.63) is 35.3 Å². The van der Waals surface area contributed by atoms with E-state index in [9.17, 15) is 19.5 Å². The van der Waals surface area contributed by atoms with E-state index in [0.29, 0.717) is 30.7 Å². The zero-order valence-corrected chi connectivity index (χ0v) is 15.2. The Labute approximate surface area is 159 Å². The number of hydrogen-bond acceptors (Lipinski definition) is 6. The van der Waals surface area contributed by atoms with Gasteiger partial charge in [-0.1, -0.05) is 41.7 Å². The number of hydrogen-bond donors (Lipinski definition) is 2. The number of nitrogens with one attached hydrogen (secondary N) is 1. The van der Waals surface area contributed by atoms with E-state index in [1.807, 2.05) is 30.3 Å². The van der Waals surface area contributed by atoms with Gasteiger partial charge in [0.05, 0.1) is 0 Å². The van der Waals surface area contributed by atoms with Gasteiger partial charge in [0.2, 0.25) is 10.9 Å². The van der Waals surface area contributed by atoms with E-state index in [2.05, 4.69) is 15.5 Å². The number of fused-ring (bicyclic) bond motifs is 1. The van der Waals surface area contributed by atoms with E-state index in [-0.39, 0.29) is 17.0 Å². The lowest BCUT2D eigenvalue weighted by atomic mass is 9.98. The van der Waals surface area contributed by atoms with Gasteiger partial charge in [-0.2, -0.15) is 0 Å². The van der Waals surface area contributed by atoms with Crippen LogP contribution in [-0.2, 0) is 9.59 Å². The maximum atomic E-state index is 12.7. The number of piperidine rings is 1. The molecule has 2 aliphatic heterocycles. The molecule has 3 heterocycles. The summed E-state index contributed by atoms with van der Waals surface area (Å²) in [7, 11) is 0. The lowest BCUT2D eigenvalue weighted by Gasteiger charge is -2.36. The quantitative estimate of drug-likeness (QED) is 0.824. The molecule has 2 fully saturated rings. The topological polar surface area (TPSA) is 112 Å². The Morgan fingerprint density at radius 2 is 1.85 bits per heavy atom. The average Bonchev–Trinajstić information content (AvgIpc) is 3.32. The Morgan fingerprint density at radius 1 is 1.11 bits per heavy atom. The second kappa shape index (κ2) is 7.07. The van der Waals surface area contributed by atoms with Gasteiger partial charge in [0, 0.05) is 11.6 Å². The number of amides is 2. The largest absolute Gasteiger partial charge is 0.480 e. The lowest BCUT2D eigenvalue weighted by molar-refractivity contribution is -0.152. The first kappa shape index (κ1) is 17.6. The minimum Gasteiger partial charge on any atom is -0.480 e. The first-order valence-electron chi connectivity index (χ1n) is 8.79. The molecule has 2 N–H and O–H groups in total. The van der Waals surface area contributed by atoms with Gasteiger partial charge < -0.3 is 15.3 Å². The summed E-state index contributed by atoms with van der Waals surface area (Å²) in [6, 6.07) is 7.84. The van der Waals surface area contributed by atoms with Crippen molar-refractivity contribution in [2.24, 2.45) is 0 Å². The first-order valence-corrected chi connectivity index (χ1v) is 9.61. The SMILES string of the molecule is O=C(N[C@H]1CC[C@@H]2CC[C@@H](C(=O)O)N2C1=O)c1nnc(-c2ccccc2)s1. The van der Waals surface area contributed by atoms with Crippen LogP contribution in [-0.4, -0.2) is 56.1 Å². The van der Waals surface area contributed by atoms with E-state index < -0.39 is 24.0 Å². The van der Waals surface area contributed by atoms with Crippen molar-refractivity contribution in [2.45, 2.75) is 43.8 Å². The number of carboxylic acid groups (broad SMARTS) is 1. The molecule has 2 aliphatic rings. The van der Waals surface area contributed by atoms with Crippen LogP contribution >= 0.6 is 11.3 Å². The van der Waals surface area contributed by atoms with Gasteiger partial charge in [-0.15, -0.1) is 10.2 Å².